The van der Waals surface area contributed by atoms with Crippen LogP contribution < -0.4 is 14.8 Å². The third kappa shape index (κ3) is 4.26. The maximum Gasteiger partial charge on any atom is 0.245 e. The number of hydrogen-bond donors (Lipinski definition) is 1. The predicted octanol–water partition coefficient (Wildman–Crippen LogP) is 3.29. The van der Waals surface area contributed by atoms with Crippen molar-refractivity contribution >= 4 is 32.5 Å². The van der Waals surface area contributed by atoms with Crippen molar-refractivity contribution in [3.05, 3.63) is 54.7 Å². The van der Waals surface area contributed by atoms with Gasteiger partial charge in [-0.3, -0.25) is 9.78 Å². The number of piperidine rings is 1. The van der Waals surface area contributed by atoms with E-state index >= 15 is 0 Å². The van der Waals surface area contributed by atoms with Gasteiger partial charge in [0.25, 0.3) is 0 Å². The van der Waals surface area contributed by atoms with Gasteiger partial charge in [-0.15, -0.1) is 0 Å². The first-order valence-corrected chi connectivity index (χ1v) is 11.7. The summed E-state index contributed by atoms with van der Waals surface area (Å²) in [5.41, 5.74) is 0.945. The minimum Gasteiger partial charge on any atom is -0.497 e. The van der Waals surface area contributed by atoms with Gasteiger partial charge in [-0.05, 0) is 37.1 Å². The lowest BCUT2D eigenvalue weighted by molar-refractivity contribution is -0.120. The summed E-state index contributed by atoms with van der Waals surface area (Å²) in [5, 5.41) is 3.63. The number of nitrogens with zero attached hydrogens (tertiary/aromatic N) is 2. The number of amides is 1. The van der Waals surface area contributed by atoms with Crippen LogP contribution in [0.2, 0.25) is 0 Å². The van der Waals surface area contributed by atoms with E-state index in [1.165, 1.54) is 11.4 Å². The monoisotopic (exact) mass is 455 g/mol. The fraction of sp³-hybridized carbons (Fsp3) is 0.304. The number of carbonyl (C=O) groups excluding carboxylic acids is 1. The summed E-state index contributed by atoms with van der Waals surface area (Å²) < 4.78 is 38.8. The Balaban J connectivity index is 1.55. The third-order valence-corrected chi connectivity index (χ3v) is 7.53. The highest BCUT2D eigenvalue weighted by atomic mass is 32.2. The van der Waals surface area contributed by atoms with Gasteiger partial charge in [0.2, 0.25) is 15.9 Å². The van der Waals surface area contributed by atoms with Crippen molar-refractivity contribution in [3.63, 3.8) is 0 Å². The van der Waals surface area contributed by atoms with E-state index in [2.05, 4.69) is 10.3 Å². The summed E-state index contributed by atoms with van der Waals surface area (Å²) in [6.45, 7) is 0.469. The number of benzene rings is 2. The lowest BCUT2D eigenvalue weighted by Crippen LogP contribution is -2.43. The Kier molecular flexibility index (Phi) is 6.29. The molecule has 1 amide bonds. The Hall–Kier alpha value is -3.17. The average Bonchev–Trinajstić information content (AvgIpc) is 2.83. The maximum atomic E-state index is 13.4. The number of carbonyl (C=O) groups is 1. The summed E-state index contributed by atoms with van der Waals surface area (Å²) >= 11 is 0. The van der Waals surface area contributed by atoms with Gasteiger partial charge in [0, 0.05) is 30.7 Å². The van der Waals surface area contributed by atoms with Crippen LogP contribution in [0.3, 0.4) is 0 Å². The molecule has 0 radical (unpaired) electrons. The number of anilines is 1. The van der Waals surface area contributed by atoms with Crippen LogP contribution in [0.15, 0.2) is 59.6 Å². The molecule has 32 heavy (non-hydrogen) atoms. The number of pyridine rings is 1. The molecule has 0 saturated carbocycles. The zero-order valence-electron chi connectivity index (χ0n) is 17.9. The molecule has 1 fully saturated rings. The van der Waals surface area contributed by atoms with Crippen molar-refractivity contribution < 1.29 is 22.7 Å². The standard InChI is InChI=1S/C23H25N3O5S/c1-30-18-10-11-19(20(14-18)31-2)25-23(27)17-8-5-13-26(15-17)32(28,29)21-9-3-6-16-7-4-12-24-22(16)21/h3-4,6-7,9-12,14,17H,5,8,13,15H2,1-2H3,(H,25,27)/t17-/m1/s1. The Morgan fingerprint density at radius 2 is 1.94 bits per heavy atom. The molecule has 1 saturated heterocycles. The first kappa shape index (κ1) is 22.0. The Bertz CT molecular complexity index is 1240. The zero-order valence-corrected chi connectivity index (χ0v) is 18.8. The number of rotatable bonds is 6. The molecule has 1 aromatic heterocycles. The lowest BCUT2D eigenvalue weighted by atomic mass is 9.98. The molecule has 0 unspecified atom stereocenters. The molecule has 1 atom stereocenters. The second-order valence-corrected chi connectivity index (χ2v) is 9.50. The molecule has 9 heteroatoms. The molecular weight excluding hydrogens is 430 g/mol. The van der Waals surface area contributed by atoms with E-state index in [0.717, 1.165) is 5.39 Å². The number of fused-ring (bicyclic) bond motifs is 1. The van der Waals surface area contributed by atoms with Crippen molar-refractivity contribution in [1.82, 2.24) is 9.29 Å². The van der Waals surface area contributed by atoms with E-state index in [1.54, 1.807) is 49.7 Å². The van der Waals surface area contributed by atoms with Gasteiger partial charge in [0.05, 0.1) is 31.3 Å². The summed E-state index contributed by atoms with van der Waals surface area (Å²) in [6, 6.07) is 13.8. The van der Waals surface area contributed by atoms with Crippen LogP contribution in [0.5, 0.6) is 11.5 Å². The van der Waals surface area contributed by atoms with Crippen molar-refractivity contribution in [2.45, 2.75) is 17.7 Å². The van der Waals surface area contributed by atoms with Crippen molar-refractivity contribution in [1.29, 1.82) is 0 Å². The predicted molar refractivity (Wildman–Crippen MR) is 121 cm³/mol. The molecule has 1 aliphatic heterocycles. The molecule has 8 nitrogen and oxygen atoms in total. The van der Waals surface area contributed by atoms with E-state index < -0.39 is 15.9 Å². The quantitative estimate of drug-likeness (QED) is 0.613. The molecule has 4 rings (SSSR count). The highest BCUT2D eigenvalue weighted by Crippen LogP contribution is 2.31. The van der Waals surface area contributed by atoms with E-state index in [0.29, 0.717) is 42.1 Å². The Labute approximate surface area is 187 Å². The second-order valence-electron chi connectivity index (χ2n) is 7.59. The molecule has 0 aliphatic carbocycles. The van der Waals surface area contributed by atoms with Gasteiger partial charge in [-0.25, -0.2) is 8.42 Å². The fourth-order valence-electron chi connectivity index (χ4n) is 3.93. The number of sulfonamides is 1. The minimum absolute atomic E-state index is 0.107. The molecule has 2 heterocycles. The molecular formula is C23H25N3O5S. The van der Waals surface area contributed by atoms with Gasteiger partial charge in [0.15, 0.2) is 0 Å². The summed E-state index contributed by atoms with van der Waals surface area (Å²) in [7, 11) is -0.738. The lowest BCUT2D eigenvalue weighted by Gasteiger charge is -2.31. The number of nitrogens with one attached hydrogen (secondary N) is 1. The van der Waals surface area contributed by atoms with E-state index in [4.69, 9.17) is 9.47 Å². The zero-order chi connectivity index (χ0) is 22.7. The Morgan fingerprint density at radius 3 is 2.72 bits per heavy atom. The van der Waals surface area contributed by atoms with Gasteiger partial charge in [0.1, 0.15) is 16.4 Å². The highest BCUT2D eigenvalue weighted by molar-refractivity contribution is 7.89. The average molecular weight is 456 g/mol. The molecule has 3 aromatic rings. The molecule has 0 spiro atoms. The number of methoxy groups -OCH3 is 2. The summed E-state index contributed by atoms with van der Waals surface area (Å²) in [6.07, 6.45) is 2.77. The molecule has 2 aromatic carbocycles. The number of hydrogen-bond acceptors (Lipinski definition) is 6. The van der Waals surface area contributed by atoms with Gasteiger partial charge >= 0.3 is 0 Å². The fourth-order valence-corrected chi connectivity index (χ4v) is 5.62. The van der Waals surface area contributed by atoms with Crippen LogP contribution in [-0.4, -0.2) is 50.9 Å². The molecule has 1 aliphatic rings. The number of ether oxygens (including phenoxy) is 2. The molecule has 0 bridgehead atoms. The smallest absolute Gasteiger partial charge is 0.245 e. The van der Waals surface area contributed by atoms with Crippen LogP contribution in [0.1, 0.15) is 12.8 Å². The van der Waals surface area contributed by atoms with Crippen LogP contribution >= 0.6 is 0 Å². The van der Waals surface area contributed by atoms with Crippen LogP contribution in [0, 0.1) is 5.92 Å². The summed E-state index contributed by atoms with van der Waals surface area (Å²) in [4.78, 5) is 17.4. The summed E-state index contributed by atoms with van der Waals surface area (Å²) in [5.74, 6) is 0.357. The SMILES string of the molecule is COc1ccc(NC(=O)[C@@H]2CCCN(S(=O)(=O)c3cccc4cccnc34)C2)c(OC)c1. The van der Waals surface area contributed by atoms with Gasteiger partial charge in [-0.1, -0.05) is 18.2 Å². The van der Waals surface area contributed by atoms with E-state index in [9.17, 15) is 13.2 Å². The minimum atomic E-state index is -3.80. The van der Waals surface area contributed by atoms with E-state index in [-0.39, 0.29) is 17.3 Å². The largest absolute Gasteiger partial charge is 0.497 e. The highest BCUT2D eigenvalue weighted by Gasteiger charge is 2.34. The molecule has 1 N–H and O–H groups in total. The van der Waals surface area contributed by atoms with Crippen molar-refractivity contribution in [3.8, 4) is 11.5 Å². The van der Waals surface area contributed by atoms with Crippen LogP contribution in [0.25, 0.3) is 10.9 Å². The van der Waals surface area contributed by atoms with Crippen molar-refractivity contribution in [2.24, 2.45) is 5.92 Å². The Morgan fingerprint density at radius 1 is 1.12 bits per heavy atom. The van der Waals surface area contributed by atoms with E-state index in [1.807, 2.05) is 12.1 Å². The van der Waals surface area contributed by atoms with Crippen molar-refractivity contribution in [2.75, 3.05) is 32.6 Å². The van der Waals surface area contributed by atoms with Crippen LogP contribution in [-0.2, 0) is 14.8 Å². The maximum absolute atomic E-state index is 13.4. The van der Waals surface area contributed by atoms with Gasteiger partial charge < -0.3 is 14.8 Å². The normalized spacial score (nSPS) is 17.1. The first-order valence-electron chi connectivity index (χ1n) is 10.3. The van der Waals surface area contributed by atoms with Crippen LogP contribution in [0.4, 0.5) is 5.69 Å². The second kappa shape index (κ2) is 9.13. The topological polar surface area (TPSA) is 97.8 Å². The number of para-hydroxylation sites is 1. The first-order chi connectivity index (χ1) is 15.4. The molecule has 168 valence electrons. The van der Waals surface area contributed by atoms with Gasteiger partial charge in [-0.2, -0.15) is 4.31 Å². The number of aromatic nitrogens is 1. The third-order valence-electron chi connectivity index (χ3n) is 5.63.